The topological polar surface area (TPSA) is 21.3 Å². The smallest absolute Gasteiger partial charge is 0.0535 e. The first-order valence-electron chi connectivity index (χ1n) is 7.71. The van der Waals surface area contributed by atoms with Crippen molar-refractivity contribution in [1.29, 1.82) is 0 Å². The van der Waals surface area contributed by atoms with E-state index >= 15 is 0 Å². The summed E-state index contributed by atoms with van der Waals surface area (Å²) in [7, 11) is 0. The predicted molar refractivity (Wildman–Crippen MR) is 85.5 cm³/mol. The first-order valence-corrected chi connectivity index (χ1v) is 8.70. The van der Waals surface area contributed by atoms with E-state index in [1.54, 1.807) is 5.56 Å². The molecule has 2 aliphatic heterocycles. The maximum Gasteiger partial charge on any atom is 0.0535 e. The maximum absolute atomic E-state index is 5.74. The molecule has 0 aliphatic carbocycles. The molecule has 0 aromatic heterocycles. The zero-order valence-corrected chi connectivity index (χ0v) is 13.3. The van der Waals surface area contributed by atoms with Crippen molar-refractivity contribution in [2.75, 3.05) is 25.5 Å². The summed E-state index contributed by atoms with van der Waals surface area (Å²) in [6.45, 7) is 7.40. The second kappa shape index (κ2) is 6.08. The van der Waals surface area contributed by atoms with Crippen molar-refractivity contribution in [3.8, 4) is 0 Å². The first-order chi connectivity index (χ1) is 9.69. The van der Waals surface area contributed by atoms with Gasteiger partial charge in [-0.1, -0.05) is 32.0 Å². The molecule has 110 valence electrons. The summed E-state index contributed by atoms with van der Waals surface area (Å²) in [5, 5.41) is 3.64. The third-order valence-electron chi connectivity index (χ3n) is 4.55. The minimum atomic E-state index is 0.340. The van der Waals surface area contributed by atoms with Gasteiger partial charge in [0, 0.05) is 35.3 Å². The number of ether oxygens (including phenoxy) is 1. The summed E-state index contributed by atoms with van der Waals surface area (Å²) in [4.78, 5) is 1.49. The summed E-state index contributed by atoms with van der Waals surface area (Å²) in [5.41, 5.74) is 1.90. The summed E-state index contributed by atoms with van der Waals surface area (Å²) in [5.74, 6) is 1.94. The van der Waals surface area contributed by atoms with Crippen LogP contribution in [0.1, 0.15) is 38.2 Å². The van der Waals surface area contributed by atoms with Crippen LogP contribution in [0.5, 0.6) is 0 Å². The fourth-order valence-corrected chi connectivity index (χ4v) is 4.62. The van der Waals surface area contributed by atoms with E-state index in [-0.39, 0.29) is 0 Å². The van der Waals surface area contributed by atoms with Crippen LogP contribution in [0.25, 0.3) is 0 Å². The van der Waals surface area contributed by atoms with Crippen LogP contribution < -0.4 is 5.32 Å². The molecular weight excluding hydrogens is 266 g/mol. The highest BCUT2D eigenvalue weighted by molar-refractivity contribution is 7.99. The van der Waals surface area contributed by atoms with Gasteiger partial charge in [0.2, 0.25) is 0 Å². The van der Waals surface area contributed by atoms with Crippen molar-refractivity contribution in [2.24, 2.45) is 5.41 Å². The summed E-state index contributed by atoms with van der Waals surface area (Å²) < 4.78 is 5.74. The van der Waals surface area contributed by atoms with Gasteiger partial charge in [-0.15, -0.1) is 11.8 Å². The molecular formula is C17H25NOS. The van der Waals surface area contributed by atoms with Gasteiger partial charge in [0.25, 0.3) is 0 Å². The second-order valence-corrected chi connectivity index (χ2v) is 7.65. The summed E-state index contributed by atoms with van der Waals surface area (Å²) in [6.07, 6.45) is 2.47. The van der Waals surface area contributed by atoms with Crippen LogP contribution >= 0.6 is 11.8 Å². The monoisotopic (exact) mass is 291 g/mol. The Morgan fingerprint density at radius 1 is 1.40 bits per heavy atom. The van der Waals surface area contributed by atoms with Crippen LogP contribution in [0.15, 0.2) is 29.2 Å². The quantitative estimate of drug-likeness (QED) is 0.894. The van der Waals surface area contributed by atoms with Gasteiger partial charge in [0.1, 0.15) is 0 Å². The van der Waals surface area contributed by atoms with E-state index in [9.17, 15) is 0 Å². The molecule has 1 fully saturated rings. The highest BCUT2D eigenvalue weighted by atomic mass is 32.2. The Bertz CT molecular complexity index is 454. The number of hydrogen-bond acceptors (Lipinski definition) is 3. The van der Waals surface area contributed by atoms with Crippen LogP contribution in [-0.4, -0.2) is 31.6 Å². The Balaban J connectivity index is 1.71. The molecule has 0 amide bonds. The molecule has 0 saturated carbocycles. The van der Waals surface area contributed by atoms with Gasteiger partial charge in [-0.25, -0.2) is 0 Å². The molecule has 2 atom stereocenters. The fraction of sp³-hybridized carbons (Fsp3) is 0.647. The predicted octanol–water partition coefficient (Wildman–Crippen LogP) is 3.67. The summed E-state index contributed by atoms with van der Waals surface area (Å²) in [6, 6.07) is 9.48. The Kier molecular flexibility index (Phi) is 4.39. The lowest BCUT2D eigenvalue weighted by Crippen LogP contribution is -2.39. The molecule has 3 rings (SSSR count). The Morgan fingerprint density at radius 3 is 3.00 bits per heavy atom. The second-order valence-electron chi connectivity index (χ2n) is 6.59. The van der Waals surface area contributed by atoms with Gasteiger partial charge in [0.15, 0.2) is 0 Å². The van der Waals surface area contributed by atoms with Crippen molar-refractivity contribution in [1.82, 2.24) is 5.32 Å². The molecule has 0 bridgehead atoms. The first kappa shape index (κ1) is 14.4. The average molecular weight is 291 g/mol. The minimum Gasteiger partial charge on any atom is -0.381 e. The van der Waals surface area contributed by atoms with Crippen LogP contribution in [0.4, 0.5) is 0 Å². The Labute approximate surface area is 126 Å². The fourth-order valence-electron chi connectivity index (χ4n) is 3.36. The molecule has 3 heteroatoms. The molecule has 2 aliphatic rings. The molecule has 20 heavy (non-hydrogen) atoms. The molecule has 0 spiro atoms. The largest absolute Gasteiger partial charge is 0.381 e. The number of benzene rings is 1. The standard InChI is InChI=1S/C17H25NOS/c1-13(2)18-11-17(7-8-19-12-17)9-14-10-20-16-6-4-3-5-15(14)16/h3-6,13-14,18H,7-12H2,1-2H3. The van der Waals surface area contributed by atoms with E-state index in [0.717, 1.165) is 19.8 Å². The Hall–Kier alpha value is -0.510. The number of nitrogens with one attached hydrogen (secondary N) is 1. The van der Waals surface area contributed by atoms with Crippen LogP contribution in [0.3, 0.4) is 0 Å². The number of hydrogen-bond donors (Lipinski definition) is 1. The van der Waals surface area contributed by atoms with E-state index in [2.05, 4.69) is 43.4 Å². The SMILES string of the molecule is CC(C)NCC1(CC2CSc3ccccc32)CCOC1. The molecule has 1 aromatic rings. The van der Waals surface area contributed by atoms with Gasteiger partial charge in [-0.3, -0.25) is 0 Å². The van der Waals surface area contributed by atoms with Gasteiger partial charge in [-0.2, -0.15) is 0 Å². The lowest BCUT2D eigenvalue weighted by molar-refractivity contribution is 0.138. The molecule has 2 nitrogen and oxygen atoms in total. The van der Waals surface area contributed by atoms with E-state index in [1.165, 1.54) is 23.5 Å². The summed E-state index contributed by atoms with van der Waals surface area (Å²) >= 11 is 2.02. The van der Waals surface area contributed by atoms with Gasteiger partial charge in [0.05, 0.1) is 6.61 Å². The third-order valence-corrected chi connectivity index (χ3v) is 5.80. The van der Waals surface area contributed by atoms with Gasteiger partial charge in [-0.05, 0) is 30.4 Å². The van der Waals surface area contributed by atoms with Crippen LogP contribution in [0.2, 0.25) is 0 Å². The maximum atomic E-state index is 5.74. The van der Waals surface area contributed by atoms with Crippen molar-refractivity contribution in [2.45, 2.75) is 43.5 Å². The minimum absolute atomic E-state index is 0.340. The zero-order valence-electron chi connectivity index (χ0n) is 12.5. The van der Waals surface area contributed by atoms with Crippen molar-refractivity contribution in [3.63, 3.8) is 0 Å². The van der Waals surface area contributed by atoms with E-state index < -0.39 is 0 Å². The normalized spacial score (nSPS) is 29.1. The molecule has 1 N–H and O–H groups in total. The lowest BCUT2D eigenvalue weighted by atomic mass is 9.77. The van der Waals surface area contributed by atoms with Crippen molar-refractivity contribution >= 4 is 11.8 Å². The Morgan fingerprint density at radius 2 is 2.25 bits per heavy atom. The van der Waals surface area contributed by atoms with E-state index in [0.29, 0.717) is 17.4 Å². The van der Waals surface area contributed by atoms with Gasteiger partial charge < -0.3 is 10.1 Å². The van der Waals surface area contributed by atoms with Crippen LogP contribution in [-0.2, 0) is 4.74 Å². The average Bonchev–Trinajstić information content (AvgIpc) is 3.06. The molecule has 2 heterocycles. The van der Waals surface area contributed by atoms with E-state index in [4.69, 9.17) is 4.74 Å². The highest BCUT2D eigenvalue weighted by Crippen LogP contribution is 2.46. The zero-order chi connectivity index (χ0) is 14.0. The molecule has 1 saturated heterocycles. The van der Waals surface area contributed by atoms with E-state index in [1.807, 2.05) is 11.8 Å². The highest BCUT2D eigenvalue weighted by Gasteiger charge is 2.39. The van der Waals surface area contributed by atoms with Crippen LogP contribution in [0, 0.1) is 5.41 Å². The molecule has 1 aromatic carbocycles. The van der Waals surface area contributed by atoms with Crippen molar-refractivity contribution < 1.29 is 4.74 Å². The molecule has 2 unspecified atom stereocenters. The lowest BCUT2D eigenvalue weighted by Gasteiger charge is -2.31. The number of thioether (sulfide) groups is 1. The third kappa shape index (κ3) is 3.05. The number of rotatable bonds is 5. The van der Waals surface area contributed by atoms with Crippen molar-refractivity contribution in [3.05, 3.63) is 29.8 Å². The van der Waals surface area contributed by atoms with Gasteiger partial charge >= 0.3 is 0 Å². The molecule has 0 radical (unpaired) electrons. The number of fused-ring (bicyclic) bond motifs is 1.